The number of benzene rings is 1. The molecule has 3 rings (SSSR count). The van der Waals surface area contributed by atoms with E-state index in [0.29, 0.717) is 12.3 Å². The first-order valence-electron chi connectivity index (χ1n) is 6.90. The molecule has 1 N–H and O–H groups in total. The van der Waals surface area contributed by atoms with Crippen molar-refractivity contribution < 1.29 is 9.59 Å². The van der Waals surface area contributed by atoms with Crippen LogP contribution in [0.25, 0.3) is 0 Å². The summed E-state index contributed by atoms with van der Waals surface area (Å²) < 4.78 is 0. The van der Waals surface area contributed by atoms with E-state index in [0.717, 1.165) is 43.6 Å². The number of para-hydroxylation sites is 2. The molecule has 1 unspecified atom stereocenters. The Hall–Kier alpha value is -1.84. The van der Waals surface area contributed by atoms with Crippen molar-refractivity contribution in [3.63, 3.8) is 0 Å². The molecule has 1 heterocycles. The van der Waals surface area contributed by atoms with Crippen molar-refractivity contribution >= 4 is 23.1 Å². The SMILES string of the molecule is O=C1CN(CCC2CCCC2=O)c2ccccc2N1. The molecular weight excluding hydrogens is 240 g/mol. The number of hydrogen-bond acceptors (Lipinski definition) is 3. The first kappa shape index (κ1) is 12.2. The van der Waals surface area contributed by atoms with E-state index in [1.54, 1.807) is 0 Å². The van der Waals surface area contributed by atoms with Crippen LogP contribution in [-0.4, -0.2) is 24.8 Å². The van der Waals surface area contributed by atoms with Gasteiger partial charge in [-0.05, 0) is 31.4 Å². The Morgan fingerprint density at radius 2 is 2.11 bits per heavy atom. The summed E-state index contributed by atoms with van der Waals surface area (Å²) in [6.07, 6.45) is 3.64. The summed E-state index contributed by atoms with van der Waals surface area (Å²) in [5.41, 5.74) is 1.93. The number of carbonyl (C=O) groups is 2. The van der Waals surface area contributed by atoms with Gasteiger partial charge in [0, 0.05) is 18.9 Å². The van der Waals surface area contributed by atoms with E-state index in [1.807, 2.05) is 24.3 Å². The molecule has 1 aromatic rings. The van der Waals surface area contributed by atoms with E-state index in [9.17, 15) is 9.59 Å². The summed E-state index contributed by atoms with van der Waals surface area (Å²) in [7, 11) is 0. The van der Waals surface area contributed by atoms with Crippen molar-refractivity contribution in [3.05, 3.63) is 24.3 Å². The summed E-state index contributed by atoms with van der Waals surface area (Å²) in [6, 6.07) is 7.83. The van der Waals surface area contributed by atoms with Crippen molar-refractivity contribution in [2.45, 2.75) is 25.7 Å². The van der Waals surface area contributed by atoms with Crippen molar-refractivity contribution in [3.8, 4) is 0 Å². The lowest BCUT2D eigenvalue weighted by atomic mass is 10.0. The Bertz CT molecular complexity index is 513. The topological polar surface area (TPSA) is 49.4 Å². The molecule has 1 amide bonds. The number of fused-ring (bicyclic) bond motifs is 1. The van der Waals surface area contributed by atoms with Gasteiger partial charge in [0.1, 0.15) is 5.78 Å². The molecule has 0 aromatic heterocycles. The van der Waals surface area contributed by atoms with Gasteiger partial charge in [-0.15, -0.1) is 0 Å². The molecule has 2 aliphatic rings. The lowest BCUT2D eigenvalue weighted by Crippen LogP contribution is -2.39. The summed E-state index contributed by atoms with van der Waals surface area (Å²) in [6.45, 7) is 1.17. The minimum absolute atomic E-state index is 0.0245. The summed E-state index contributed by atoms with van der Waals surface area (Å²) >= 11 is 0. The van der Waals surface area contributed by atoms with Crippen molar-refractivity contribution in [2.24, 2.45) is 5.92 Å². The van der Waals surface area contributed by atoms with Crippen LogP contribution in [0, 0.1) is 5.92 Å². The second kappa shape index (κ2) is 5.03. The van der Waals surface area contributed by atoms with Gasteiger partial charge in [-0.1, -0.05) is 12.1 Å². The maximum atomic E-state index is 11.7. The number of ketones is 1. The molecule has 4 nitrogen and oxygen atoms in total. The van der Waals surface area contributed by atoms with Gasteiger partial charge in [0.2, 0.25) is 5.91 Å². The number of Topliss-reactive ketones (excluding diaryl/α,β-unsaturated/α-hetero) is 1. The smallest absolute Gasteiger partial charge is 0.243 e. The zero-order chi connectivity index (χ0) is 13.2. The Kier molecular flexibility index (Phi) is 3.23. The van der Waals surface area contributed by atoms with Crippen LogP contribution in [0.4, 0.5) is 11.4 Å². The lowest BCUT2D eigenvalue weighted by molar-refractivity contribution is -0.120. The van der Waals surface area contributed by atoms with Crippen molar-refractivity contribution in [1.82, 2.24) is 0 Å². The molecule has 0 radical (unpaired) electrons. The Morgan fingerprint density at radius 3 is 2.89 bits per heavy atom. The number of hydrogen-bond donors (Lipinski definition) is 1. The molecule has 4 heteroatoms. The average Bonchev–Trinajstić information content (AvgIpc) is 2.81. The third-order valence-electron chi connectivity index (χ3n) is 4.03. The number of carbonyl (C=O) groups excluding carboxylic acids is 2. The van der Waals surface area contributed by atoms with E-state index in [4.69, 9.17) is 0 Å². The summed E-state index contributed by atoms with van der Waals surface area (Å²) in [5, 5.41) is 2.88. The number of nitrogens with one attached hydrogen (secondary N) is 1. The van der Waals surface area contributed by atoms with Gasteiger partial charge >= 0.3 is 0 Å². The molecule has 1 aliphatic heterocycles. The maximum Gasteiger partial charge on any atom is 0.243 e. The van der Waals surface area contributed by atoms with Crippen LogP contribution >= 0.6 is 0 Å². The van der Waals surface area contributed by atoms with Gasteiger partial charge in [-0.25, -0.2) is 0 Å². The molecule has 0 bridgehead atoms. The molecule has 1 aromatic carbocycles. The third kappa shape index (κ3) is 2.48. The van der Waals surface area contributed by atoms with Crippen LogP contribution in [-0.2, 0) is 9.59 Å². The zero-order valence-corrected chi connectivity index (χ0v) is 10.9. The van der Waals surface area contributed by atoms with Crippen LogP contribution in [0.1, 0.15) is 25.7 Å². The van der Waals surface area contributed by atoms with Crippen molar-refractivity contribution in [1.29, 1.82) is 0 Å². The lowest BCUT2D eigenvalue weighted by Gasteiger charge is -2.31. The number of nitrogens with zero attached hydrogens (tertiary/aromatic N) is 1. The van der Waals surface area contributed by atoms with Crippen LogP contribution in [0.2, 0.25) is 0 Å². The summed E-state index contributed by atoms with van der Waals surface area (Å²) in [5.74, 6) is 0.628. The predicted molar refractivity (Wildman–Crippen MR) is 74.2 cm³/mol. The second-order valence-electron chi connectivity index (χ2n) is 5.33. The van der Waals surface area contributed by atoms with E-state index in [2.05, 4.69) is 10.2 Å². The third-order valence-corrected chi connectivity index (χ3v) is 4.03. The molecule has 1 saturated carbocycles. The number of rotatable bonds is 3. The Morgan fingerprint density at radius 1 is 1.26 bits per heavy atom. The minimum Gasteiger partial charge on any atom is -0.361 e. The van der Waals surface area contributed by atoms with E-state index >= 15 is 0 Å². The highest BCUT2D eigenvalue weighted by atomic mass is 16.2. The van der Waals surface area contributed by atoms with Gasteiger partial charge in [-0.3, -0.25) is 9.59 Å². The van der Waals surface area contributed by atoms with E-state index in [-0.39, 0.29) is 11.8 Å². The zero-order valence-electron chi connectivity index (χ0n) is 10.9. The van der Waals surface area contributed by atoms with Gasteiger partial charge in [0.25, 0.3) is 0 Å². The fourth-order valence-electron chi connectivity index (χ4n) is 3.01. The Balaban J connectivity index is 1.71. The molecular formula is C15H18N2O2. The molecule has 100 valence electrons. The highest BCUT2D eigenvalue weighted by molar-refractivity contribution is 6.01. The largest absolute Gasteiger partial charge is 0.361 e. The van der Waals surface area contributed by atoms with Crippen LogP contribution in [0.15, 0.2) is 24.3 Å². The molecule has 0 spiro atoms. The van der Waals surface area contributed by atoms with Gasteiger partial charge in [0.15, 0.2) is 0 Å². The monoisotopic (exact) mass is 258 g/mol. The molecule has 1 aliphatic carbocycles. The van der Waals surface area contributed by atoms with Crippen LogP contribution < -0.4 is 10.2 Å². The molecule has 1 atom stereocenters. The Labute approximate surface area is 112 Å². The fraction of sp³-hybridized carbons (Fsp3) is 0.467. The second-order valence-corrected chi connectivity index (χ2v) is 5.33. The summed E-state index contributed by atoms with van der Waals surface area (Å²) in [4.78, 5) is 25.4. The molecule has 0 saturated heterocycles. The molecule has 1 fully saturated rings. The first-order valence-corrected chi connectivity index (χ1v) is 6.90. The average molecular weight is 258 g/mol. The van der Waals surface area contributed by atoms with Gasteiger partial charge in [0.05, 0.1) is 17.9 Å². The van der Waals surface area contributed by atoms with Gasteiger partial charge in [-0.2, -0.15) is 0 Å². The first-order chi connectivity index (χ1) is 9.24. The predicted octanol–water partition coefficient (Wildman–Crippen LogP) is 2.20. The fourth-order valence-corrected chi connectivity index (χ4v) is 3.01. The normalized spacial score (nSPS) is 22.3. The highest BCUT2D eigenvalue weighted by Crippen LogP contribution is 2.30. The number of amides is 1. The van der Waals surface area contributed by atoms with Crippen LogP contribution in [0.5, 0.6) is 0 Å². The number of anilines is 2. The quantitative estimate of drug-likeness (QED) is 0.904. The maximum absolute atomic E-state index is 11.7. The van der Waals surface area contributed by atoms with E-state index < -0.39 is 0 Å². The highest BCUT2D eigenvalue weighted by Gasteiger charge is 2.27. The van der Waals surface area contributed by atoms with Crippen molar-refractivity contribution in [2.75, 3.05) is 23.3 Å². The minimum atomic E-state index is 0.0245. The van der Waals surface area contributed by atoms with E-state index in [1.165, 1.54) is 0 Å². The molecule has 19 heavy (non-hydrogen) atoms. The van der Waals surface area contributed by atoms with Crippen LogP contribution in [0.3, 0.4) is 0 Å². The van der Waals surface area contributed by atoms with Gasteiger partial charge < -0.3 is 10.2 Å². The standard InChI is InChI=1S/C15H18N2O2/c18-14-7-3-4-11(14)8-9-17-10-15(19)16-12-5-1-2-6-13(12)17/h1-2,5-6,11H,3-4,7-10H2,(H,16,19).